The number of nitrogens with zero attached hydrogens (tertiary/aromatic N) is 4. The summed E-state index contributed by atoms with van der Waals surface area (Å²) in [6.07, 6.45) is 2.73. The Balaban J connectivity index is 2.47. The first-order valence-corrected chi connectivity index (χ1v) is 5.34. The zero-order chi connectivity index (χ0) is 11.5. The van der Waals surface area contributed by atoms with Crippen LogP contribution in [0.4, 0.5) is 5.82 Å². The van der Waals surface area contributed by atoms with E-state index in [0.717, 1.165) is 30.2 Å². The van der Waals surface area contributed by atoms with E-state index in [-0.39, 0.29) is 0 Å². The standard InChI is InChI=1S/C11H15N5/c1-3-6-16-8(2)14-15-11(16)9-4-5-13-10(12)7-9/h4-5,7H,3,6H2,1-2H3,(H2,12,13). The van der Waals surface area contributed by atoms with Gasteiger partial charge in [0.2, 0.25) is 0 Å². The fourth-order valence-electron chi connectivity index (χ4n) is 1.67. The highest BCUT2D eigenvalue weighted by Crippen LogP contribution is 2.19. The fourth-order valence-corrected chi connectivity index (χ4v) is 1.67. The Kier molecular flexibility index (Phi) is 2.85. The Morgan fingerprint density at radius 3 is 2.88 bits per heavy atom. The van der Waals surface area contributed by atoms with Crippen LogP contribution in [0.5, 0.6) is 0 Å². The Morgan fingerprint density at radius 2 is 2.19 bits per heavy atom. The number of nitrogens with two attached hydrogens (primary N) is 1. The van der Waals surface area contributed by atoms with Crippen molar-refractivity contribution in [1.29, 1.82) is 0 Å². The molecule has 0 radical (unpaired) electrons. The number of anilines is 1. The third-order valence-electron chi connectivity index (χ3n) is 2.42. The molecule has 2 aromatic heterocycles. The maximum absolute atomic E-state index is 5.66. The van der Waals surface area contributed by atoms with E-state index in [1.54, 1.807) is 6.20 Å². The van der Waals surface area contributed by atoms with Gasteiger partial charge in [0.25, 0.3) is 0 Å². The molecule has 0 saturated carbocycles. The minimum absolute atomic E-state index is 0.501. The normalized spacial score (nSPS) is 10.6. The molecule has 2 N–H and O–H groups in total. The first-order chi connectivity index (χ1) is 7.72. The van der Waals surface area contributed by atoms with Gasteiger partial charge < -0.3 is 10.3 Å². The van der Waals surface area contributed by atoms with Gasteiger partial charge in [0, 0.05) is 18.3 Å². The second-order valence-corrected chi connectivity index (χ2v) is 3.69. The van der Waals surface area contributed by atoms with Gasteiger partial charge in [-0.25, -0.2) is 4.98 Å². The number of pyridine rings is 1. The SMILES string of the molecule is CCCn1c(C)nnc1-c1ccnc(N)c1. The van der Waals surface area contributed by atoms with Gasteiger partial charge in [-0.15, -0.1) is 10.2 Å². The highest BCUT2D eigenvalue weighted by Gasteiger charge is 2.10. The summed E-state index contributed by atoms with van der Waals surface area (Å²) in [6, 6.07) is 3.71. The summed E-state index contributed by atoms with van der Waals surface area (Å²) in [5.41, 5.74) is 6.62. The molecular weight excluding hydrogens is 202 g/mol. The second-order valence-electron chi connectivity index (χ2n) is 3.69. The predicted molar refractivity (Wildman–Crippen MR) is 62.7 cm³/mol. The first kappa shape index (κ1) is 10.6. The van der Waals surface area contributed by atoms with Gasteiger partial charge in [-0.1, -0.05) is 6.92 Å². The number of hydrogen-bond acceptors (Lipinski definition) is 4. The Morgan fingerprint density at radius 1 is 1.38 bits per heavy atom. The average Bonchev–Trinajstić information content (AvgIpc) is 2.61. The molecule has 0 unspecified atom stereocenters. The lowest BCUT2D eigenvalue weighted by Crippen LogP contribution is -2.02. The van der Waals surface area contributed by atoms with Gasteiger partial charge in [-0.2, -0.15) is 0 Å². The molecule has 5 heteroatoms. The first-order valence-electron chi connectivity index (χ1n) is 5.34. The van der Waals surface area contributed by atoms with Crippen molar-refractivity contribution in [3.05, 3.63) is 24.2 Å². The van der Waals surface area contributed by atoms with Gasteiger partial charge >= 0.3 is 0 Å². The van der Waals surface area contributed by atoms with E-state index in [0.29, 0.717) is 5.82 Å². The van der Waals surface area contributed by atoms with Crippen molar-refractivity contribution in [2.45, 2.75) is 26.8 Å². The molecule has 0 bridgehead atoms. The fraction of sp³-hybridized carbons (Fsp3) is 0.364. The van der Waals surface area contributed by atoms with Crippen LogP contribution >= 0.6 is 0 Å². The number of hydrogen-bond donors (Lipinski definition) is 1. The summed E-state index contributed by atoms with van der Waals surface area (Å²) in [5, 5.41) is 8.27. The summed E-state index contributed by atoms with van der Waals surface area (Å²) in [6.45, 7) is 5.00. The van der Waals surface area contributed by atoms with E-state index in [2.05, 4.69) is 26.7 Å². The molecule has 84 valence electrons. The molecule has 0 fully saturated rings. The van der Waals surface area contributed by atoms with Gasteiger partial charge in [0.1, 0.15) is 11.6 Å². The van der Waals surface area contributed by atoms with E-state index < -0.39 is 0 Å². The van der Waals surface area contributed by atoms with Crippen LogP contribution in [0.2, 0.25) is 0 Å². The zero-order valence-corrected chi connectivity index (χ0v) is 9.51. The number of rotatable bonds is 3. The molecule has 0 aliphatic heterocycles. The minimum Gasteiger partial charge on any atom is -0.384 e. The highest BCUT2D eigenvalue weighted by atomic mass is 15.3. The van der Waals surface area contributed by atoms with Crippen LogP contribution < -0.4 is 5.73 Å². The van der Waals surface area contributed by atoms with E-state index >= 15 is 0 Å². The summed E-state index contributed by atoms with van der Waals surface area (Å²) >= 11 is 0. The van der Waals surface area contributed by atoms with Crippen LogP contribution in [-0.2, 0) is 6.54 Å². The third-order valence-corrected chi connectivity index (χ3v) is 2.42. The topological polar surface area (TPSA) is 69.6 Å². The smallest absolute Gasteiger partial charge is 0.164 e. The van der Waals surface area contributed by atoms with E-state index in [1.807, 2.05) is 19.1 Å². The van der Waals surface area contributed by atoms with Crippen molar-refractivity contribution in [1.82, 2.24) is 19.7 Å². The largest absolute Gasteiger partial charge is 0.384 e. The van der Waals surface area contributed by atoms with Gasteiger partial charge in [0.15, 0.2) is 5.82 Å². The Bertz CT molecular complexity index is 489. The summed E-state index contributed by atoms with van der Waals surface area (Å²) in [4.78, 5) is 3.97. The second kappa shape index (κ2) is 4.30. The highest BCUT2D eigenvalue weighted by molar-refractivity contribution is 5.58. The molecule has 0 saturated heterocycles. The lowest BCUT2D eigenvalue weighted by Gasteiger charge is -2.06. The number of nitrogen functional groups attached to an aromatic ring is 1. The maximum atomic E-state index is 5.66. The summed E-state index contributed by atoms with van der Waals surface area (Å²) in [5.74, 6) is 2.28. The van der Waals surface area contributed by atoms with Crippen molar-refractivity contribution >= 4 is 5.82 Å². The van der Waals surface area contributed by atoms with E-state index in [1.165, 1.54) is 0 Å². The molecule has 0 aliphatic carbocycles. The van der Waals surface area contributed by atoms with E-state index in [9.17, 15) is 0 Å². The zero-order valence-electron chi connectivity index (χ0n) is 9.51. The molecule has 0 spiro atoms. The molecule has 2 heterocycles. The molecule has 0 aliphatic rings. The van der Waals surface area contributed by atoms with Crippen molar-refractivity contribution in [3.63, 3.8) is 0 Å². The van der Waals surface area contributed by atoms with Crippen LogP contribution in [0.15, 0.2) is 18.3 Å². The monoisotopic (exact) mass is 217 g/mol. The summed E-state index contributed by atoms with van der Waals surface area (Å²) in [7, 11) is 0. The molecule has 0 atom stereocenters. The van der Waals surface area contributed by atoms with Crippen molar-refractivity contribution in [3.8, 4) is 11.4 Å². The number of aryl methyl sites for hydroxylation is 1. The molecule has 16 heavy (non-hydrogen) atoms. The van der Waals surface area contributed by atoms with Gasteiger partial charge in [0.05, 0.1) is 0 Å². The Labute approximate surface area is 94.3 Å². The molecular formula is C11H15N5. The van der Waals surface area contributed by atoms with Crippen LogP contribution in [0.1, 0.15) is 19.2 Å². The minimum atomic E-state index is 0.501. The van der Waals surface area contributed by atoms with Crippen LogP contribution in [-0.4, -0.2) is 19.7 Å². The predicted octanol–water partition coefficient (Wildman–Crippen LogP) is 1.64. The van der Waals surface area contributed by atoms with Gasteiger partial charge in [-0.05, 0) is 25.5 Å². The number of aromatic nitrogens is 4. The molecule has 0 aromatic carbocycles. The lowest BCUT2D eigenvalue weighted by molar-refractivity contribution is 0.663. The Hall–Kier alpha value is -1.91. The maximum Gasteiger partial charge on any atom is 0.164 e. The van der Waals surface area contributed by atoms with Crippen molar-refractivity contribution in [2.75, 3.05) is 5.73 Å². The van der Waals surface area contributed by atoms with Crippen LogP contribution in [0, 0.1) is 6.92 Å². The van der Waals surface area contributed by atoms with Crippen LogP contribution in [0.3, 0.4) is 0 Å². The molecule has 2 rings (SSSR count). The quantitative estimate of drug-likeness (QED) is 0.848. The van der Waals surface area contributed by atoms with Crippen molar-refractivity contribution in [2.24, 2.45) is 0 Å². The lowest BCUT2D eigenvalue weighted by atomic mass is 10.2. The van der Waals surface area contributed by atoms with E-state index in [4.69, 9.17) is 5.73 Å². The van der Waals surface area contributed by atoms with Crippen molar-refractivity contribution < 1.29 is 0 Å². The summed E-state index contributed by atoms with van der Waals surface area (Å²) < 4.78 is 2.09. The van der Waals surface area contributed by atoms with Gasteiger partial charge in [-0.3, -0.25) is 0 Å². The molecule has 0 amide bonds. The molecule has 5 nitrogen and oxygen atoms in total. The third kappa shape index (κ3) is 1.88. The average molecular weight is 217 g/mol. The van der Waals surface area contributed by atoms with Crippen LogP contribution in [0.25, 0.3) is 11.4 Å². The molecule has 2 aromatic rings.